The van der Waals surface area contributed by atoms with E-state index < -0.39 is 0 Å². The molecular formula is C13H16OS. The lowest BCUT2D eigenvalue weighted by atomic mass is 9.90. The fourth-order valence-electron chi connectivity index (χ4n) is 1.86. The van der Waals surface area contributed by atoms with Crippen LogP contribution in [0.1, 0.15) is 26.7 Å². The molecular weight excluding hydrogens is 204 g/mol. The number of rotatable bonds is 1. The van der Waals surface area contributed by atoms with Crippen molar-refractivity contribution in [2.45, 2.75) is 26.7 Å². The van der Waals surface area contributed by atoms with Gasteiger partial charge in [-0.1, -0.05) is 32.6 Å². The lowest BCUT2D eigenvalue weighted by Gasteiger charge is -2.14. The van der Waals surface area contributed by atoms with E-state index in [4.69, 9.17) is 0 Å². The molecule has 0 radical (unpaired) electrons. The van der Waals surface area contributed by atoms with Gasteiger partial charge >= 0.3 is 0 Å². The van der Waals surface area contributed by atoms with Crippen molar-refractivity contribution < 1.29 is 4.79 Å². The first-order valence-corrected chi connectivity index (χ1v) is 6.27. The summed E-state index contributed by atoms with van der Waals surface area (Å²) in [5.74, 6) is 1.22. The summed E-state index contributed by atoms with van der Waals surface area (Å²) in [5.41, 5.74) is 1.88. The molecule has 1 heterocycles. The Morgan fingerprint density at radius 2 is 2.20 bits per heavy atom. The zero-order valence-corrected chi connectivity index (χ0v) is 10.1. The van der Waals surface area contributed by atoms with Crippen molar-refractivity contribution >= 4 is 17.5 Å². The van der Waals surface area contributed by atoms with E-state index in [0.717, 1.165) is 34.6 Å². The smallest absolute Gasteiger partial charge is 0.189 e. The Balaban J connectivity index is 2.29. The average molecular weight is 220 g/mol. The maximum atomic E-state index is 11.9. The summed E-state index contributed by atoms with van der Waals surface area (Å²) in [4.78, 5) is 13.1. The van der Waals surface area contributed by atoms with Crippen LogP contribution < -0.4 is 0 Å². The Morgan fingerprint density at radius 1 is 1.47 bits per heavy atom. The molecule has 0 atom stereocenters. The van der Waals surface area contributed by atoms with Crippen molar-refractivity contribution in [1.82, 2.24) is 0 Å². The predicted octanol–water partition coefficient (Wildman–Crippen LogP) is 3.49. The maximum Gasteiger partial charge on any atom is 0.189 e. The van der Waals surface area contributed by atoms with Gasteiger partial charge in [0.15, 0.2) is 5.78 Å². The second kappa shape index (κ2) is 3.67. The van der Waals surface area contributed by atoms with Gasteiger partial charge in [-0.2, -0.15) is 0 Å². The van der Waals surface area contributed by atoms with Crippen LogP contribution in [0.3, 0.4) is 0 Å². The van der Waals surface area contributed by atoms with Gasteiger partial charge in [0.05, 0.1) is 0 Å². The molecule has 1 aliphatic heterocycles. The van der Waals surface area contributed by atoms with Crippen LogP contribution in [0.2, 0.25) is 0 Å². The second-order valence-electron chi connectivity index (χ2n) is 4.87. The molecule has 0 aromatic carbocycles. The molecule has 2 aliphatic rings. The number of carbonyl (C=O) groups excluding carboxylic acids is 1. The van der Waals surface area contributed by atoms with Crippen molar-refractivity contribution in [2.75, 3.05) is 5.75 Å². The highest BCUT2D eigenvalue weighted by Crippen LogP contribution is 2.42. The lowest BCUT2D eigenvalue weighted by molar-refractivity contribution is -0.112. The van der Waals surface area contributed by atoms with Crippen molar-refractivity contribution in [2.24, 2.45) is 5.41 Å². The fraction of sp³-hybridized carbons (Fsp3) is 0.462. The zero-order chi connectivity index (χ0) is 11.1. The Morgan fingerprint density at radius 3 is 2.80 bits per heavy atom. The number of ketones is 1. The number of allylic oxidation sites excluding steroid dienone is 4. The SMILES string of the molecule is C=C1CCC=C(C2=CC(C)(C)CS2)C1=O. The molecule has 0 spiro atoms. The highest BCUT2D eigenvalue weighted by Gasteiger charge is 2.29. The van der Waals surface area contributed by atoms with Crippen LogP contribution in [-0.4, -0.2) is 11.5 Å². The third-order valence-electron chi connectivity index (χ3n) is 2.75. The van der Waals surface area contributed by atoms with E-state index in [1.807, 2.05) is 0 Å². The Labute approximate surface area is 95.3 Å². The van der Waals surface area contributed by atoms with E-state index in [1.54, 1.807) is 11.8 Å². The minimum absolute atomic E-state index is 0.151. The lowest BCUT2D eigenvalue weighted by Crippen LogP contribution is -2.10. The van der Waals surface area contributed by atoms with Crippen LogP contribution in [-0.2, 0) is 4.79 Å². The van der Waals surface area contributed by atoms with Crippen molar-refractivity contribution in [1.29, 1.82) is 0 Å². The van der Waals surface area contributed by atoms with Crippen molar-refractivity contribution in [3.63, 3.8) is 0 Å². The van der Waals surface area contributed by atoms with Crippen LogP contribution in [0, 0.1) is 5.41 Å². The minimum atomic E-state index is 0.151. The van der Waals surface area contributed by atoms with E-state index in [2.05, 4.69) is 32.6 Å². The minimum Gasteiger partial charge on any atom is -0.289 e. The molecule has 0 saturated heterocycles. The molecule has 0 aromatic heterocycles. The van der Waals surface area contributed by atoms with Crippen molar-refractivity contribution in [3.05, 3.63) is 34.8 Å². The molecule has 15 heavy (non-hydrogen) atoms. The summed E-state index contributed by atoms with van der Waals surface area (Å²) in [6.07, 6.45) is 6.07. The van der Waals surface area contributed by atoms with Crippen molar-refractivity contribution in [3.8, 4) is 0 Å². The predicted molar refractivity (Wildman–Crippen MR) is 65.8 cm³/mol. The first kappa shape index (κ1) is 10.7. The highest BCUT2D eigenvalue weighted by atomic mass is 32.2. The van der Waals surface area contributed by atoms with Gasteiger partial charge in [0.1, 0.15) is 0 Å². The largest absolute Gasteiger partial charge is 0.289 e. The molecule has 2 heteroatoms. The van der Waals surface area contributed by atoms with E-state index in [0.29, 0.717) is 0 Å². The molecule has 0 saturated carbocycles. The number of thioether (sulfide) groups is 1. The molecule has 2 rings (SSSR count). The van der Waals surface area contributed by atoms with Gasteiger partial charge in [-0.25, -0.2) is 0 Å². The third kappa shape index (κ3) is 2.10. The first-order chi connectivity index (χ1) is 6.99. The van der Waals surface area contributed by atoms with Gasteiger partial charge in [0.25, 0.3) is 0 Å². The second-order valence-corrected chi connectivity index (χ2v) is 5.89. The van der Waals surface area contributed by atoms with Gasteiger partial charge in [-0.3, -0.25) is 4.79 Å². The fourth-order valence-corrected chi connectivity index (χ4v) is 3.20. The summed E-state index contributed by atoms with van der Waals surface area (Å²) in [5, 5.41) is 0. The quantitative estimate of drug-likeness (QED) is 0.629. The summed E-state index contributed by atoms with van der Waals surface area (Å²) < 4.78 is 0. The standard InChI is InChI=1S/C13H16OS/c1-9-5-4-6-10(12(9)14)11-7-13(2,3)8-15-11/h6-7H,1,4-5,8H2,2-3H3. The number of carbonyl (C=O) groups is 1. The highest BCUT2D eigenvalue weighted by molar-refractivity contribution is 8.03. The van der Waals surface area contributed by atoms with Gasteiger partial charge in [-0.15, -0.1) is 11.8 Å². The zero-order valence-electron chi connectivity index (χ0n) is 9.30. The van der Waals surface area contributed by atoms with Crippen LogP contribution in [0.4, 0.5) is 0 Å². The van der Waals surface area contributed by atoms with E-state index in [9.17, 15) is 4.79 Å². The molecule has 0 bridgehead atoms. The summed E-state index contributed by atoms with van der Waals surface area (Å²) in [7, 11) is 0. The normalized spacial score (nSPS) is 25.2. The summed E-state index contributed by atoms with van der Waals surface area (Å²) >= 11 is 1.79. The molecule has 1 nitrogen and oxygen atoms in total. The van der Waals surface area contributed by atoms with E-state index in [-0.39, 0.29) is 11.2 Å². The first-order valence-electron chi connectivity index (χ1n) is 5.28. The van der Waals surface area contributed by atoms with E-state index in [1.165, 1.54) is 0 Å². The van der Waals surface area contributed by atoms with Crippen LogP contribution in [0.15, 0.2) is 34.8 Å². The number of hydrogen-bond acceptors (Lipinski definition) is 2. The molecule has 0 N–H and O–H groups in total. The average Bonchev–Trinajstić information content (AvgIpc) is 2.51. The van der Waals surface area contributed by atoms with Crippen LogP contribution in [0.25, 0.3) is 0 Å². The summed E-state index contributed by atoms with van der Waals surface area (Å²) in [6.45, 7) is 8.23. The molecule has 0 amide bonds. The molecule has 0 unspecified atom stereocenters. The topological polar surface area (TPSA) is 17.1 Å². The Hall–Kier alpha value is -0.760. The molecule has 0 aromatic rings. The molecule has 0 fully saturated rings. The van der Waals surface area contributed by atoms with Crippen LogP contribution in [0.5, 0.6) is 0 Å². The third-order valence-corrected chi connectivity index (χ3v) is 4.28. The Kier molecular flexibility index (Phi) is 2.63. The number of Topliss-reactive ketones (excluding diaryl/α,β-unsaturated/α-hetero) is 1. The monoisotopic (exact) mass is 220 g/mol. The molecule has 1 aliphatic carbocycles. The Bertz CT molecular complexity index is 385. The van der Waals surface area contributed by atoms with Gasteiger partial charge in [0, 0.05) is 16.2 Å². The van der Waals surface area contributed by atoms with Crippen LogP contribution >= 0.6 is 11.8 Å². The van der Waals surface area contributed by atoms with Gasteiger partial charge < -0.3 is 0 Å². The number of hydrogen-bond donors (Lipinski definition) is 0. The van der Waals surface area contributed by atoms with Gasteiger partial charge in [-0.05, 0) is 23.8 Å². The van der Waals surface area contributed by atoms with Gasteiger partial charge in [0.2, 0.25) is 0 Å². The maximum absolute atomic E-state index is 11.9. The molecule has 80 valence electrons. The summed E-state index contributed by atoms with van der Waals surface area (Å²) in [6, 6.07) is 0. The van der Waals surface area contributed by atoms with E-state index >= 15 is 0 Å².